The lowest BCUT2D eigenvalue weighted by Crippen LogP contribution is -2.16. The molecule has 0 aliphatic heterocycles. The van der Waals surface area contributed by atoms with E-state index >= 15 is 0 Å². The molecule has 0 saturated carbocycles. The Morgan fingerprint density at radius 1 is 1.33 bits per heavy atom. The Morgan fingerprint density at radius 2 is 2.00 bits per heavy atom. The lowest BCUT2D eigenvalue weighted by atomic mass is 10.1. The number of anilines is 1. The predicted octanol–water partition coefficient (Wildman–Crippen LogP) is 3.76. The SMILES string of the molecule is Cc1cc(NC(=O)c2ccc(Br)c(C(F)(F)F)c2)n(C)n1. The number of hydrogen-bond donors (Lipinski definition) is 1. The first-order chi connectivity index (χ1) is 9.68. The predicted molar refractivity (Wildman–Crippen MR) is 75.0 cm³/mol. The van der Waals surface area contributed by atoms with Crippen LogP contribution in [0.25, 0.3) is 0 Å². The van der Waals surface area contributed by atoms with Crippen molar-refractivity contribution < 1.29 is 18.0 Å². The van der Waals surface area contributed by atoms with Crippen LogP contribution in [0.2, 0.25) is 0 Å². The fourth-order valence-electron chi connectivity index (χ4n) is 1.80. The summed E-state index contributed by atoms with van der Waals surface area (Å²) in [6, 6.07) is 4.95. The van der Waals surface area contributed by atoms with E-state index in [1.54, 1.807) is 20.0 Å². The van der Waals surface area contributed by atoms with Crippen LogP contribution >= 0.6 is 15.9 Å². The fraction of sp³-hybridized carbons (Fsp3) is 0.231. The molecule has 1 amide bonds. The Hall–Kier alpha value is -1.83. The summed E-state index contributed by atoms with van der Waals surface area (Å²) in [6.45, 7) is 1.75. The van der Waals surface area contributed by atoms with E-state index in [4.69, 9.17) is 0 Å². The minimum absolute atomic E-state index is 0.0793. The zero-order valence-electron chi connectivity index (χ0n) is 11.1. The van der Waals surface area contributed by atoms with Gasteiger partial charge in [-0.05, 0) is 25.1 Å². The Kier molecular flexibility index (Phi) is 4.08. The van der Waals surface area contributed by atoms with Gasteiger partial charge in [-0.15, -0.1) is 0 Å². The smallest absolute Gasteiger partial charge is 0.307 e. The summed E-state index contributed by atoms with van der Waals surface area (Å²) in [5.74, 6) is -0.218. The van der Waals surface area contributed by atoms with Crippen molar-refractivity contribution in [2.45, 2.75) is 13.1 Å². The number of alkyl halides is 3. The highest BCUT2D eigenvalue weighted by molar-refractivity contribution is 9.10. The minimum atomic E-state index is -4.53. The number of benzene rings is 1. The van der Waals surface area contributed by atoms with Gasteiger partial charge in [0.1, 0.15) is 5.82 Å². The molecule has 0 radical (unpaired) electrons. The van der Waals surface area contributed by atoms with Gasteiger partial charge in [0, 0.05) is 23.2 Å². The van der Waals surface area contributed by atoms with Gasteiger partial charge in [-0.25, -0.2) is 0 Å². The van der Waals surface area contributed by atoms with Gasteiger partial charge in [0.25, 0.3) is 5.91 Å². The van der Waals surface area contributed by atoms with Crippen LogP contribution in [0.4, 0.5) is 19.0 Å². The molecular formula is C13H11BrF3N3O. The number of carbonyl (C=O) groups excluding carboxylic acids is 1. The zero-order valence-corrected chi connectivity index (χ0v) is 12.7. The van der Waals surface area contributed by atoms with Crippen molar-refractivity contribution in [2.75, 3.05) is 5.32 Å². The number of nitrogens with one attached hydrogen (secondary N) is 1. The first-order valence-corrected chi connectivity index (χ1v) is 6.66. The lowest BCUT2D eigenvalue weighted by Gasteiger charge is -2.11. The van der Waals surface area contributed by atoms with Crippen LogP contribution in [-0.2, 0) is 13.2 Å². The summed E-state index contributed by atoms with van der Waals surface area (Å²) in [5, 5.41) is 6.57. The van der Waals surface area contributed by atoms with Gasteiger partial charge in [-0.2, -0.15) is 18.3 Å². The number of aryl methyl sites for hydroxylation is 2. The van der Waals surface area contributed by atoms with Crippen LogP contribution in [0.5, 0.6) is 0 Å². The van der Waals surface area contributed by atoms with E-state index in [0.717, 1.165) is 6.07 Å². The topological polar surface area (TPSA) is 46.9 Å². The molecule has 1 heterocycles. The summed E-state index contributed by atoms with van der Waals surface area (Å²) < 4.78 is 39.8. The highest BCUT2D eigenvalue weighted by atomic mass is 79.9. The van der Waals surface area contributed by atoms with Crippen molar-refractivity contribution in [3.8, 4) is 0 Å². The van der Waals surface area contributed by atoms with E-state index in [-0.39, 0.29) is 10.0 Å². The highest BCUT2D eigenvalue weighted by Gasteiger charge is 2.33. The molecule has 1 aromatic carbocycles. The van der Waals surface area contributed by atoms with Crippen LogP contribution in [-0.4, -0.2) is 15.7 Å². The number of halogens is 4. The van der Waals surface area contributed by atoms with Gasteiger partial charge in [-0.1, -0.05) is 15.9 Å². The number of nitrogens with zero attached hydrogens (tertiary/aromatic N) is 2. The van der Waals surface area contributed by atoms with Gasteiger partial charge < -0.3 is 5.32 Å². The third-order valence-corrected chi connectivity index (χ3v) is 3.47. The van der Waals surface area contributed by atoms with Crippen LogP contribution in [0.15, 0.2) is 28.7 Å². The molecule has 1 N–H and O–H groups in total. The summed E-state index contributed by atoms with van der Waals surface area (Å²) >= 11 is 2.83. The standard InChI is InChI=1S/C13H11BrF3N3O/c1-7-5-11(20(2)19-7)18-12(21)8-3-4-10(14)9(6-8)13(15,16)17/h3-6H,1-2H3,(H,18,21). The average Bonchev–Trinajstić information content (AvgIpc) is 2.66. The van der Waals surface area contributed by atoms with Gasteiger partial charge in [-0.3, -0.25) is 9.48 Å². The number of hydrogen-bond acceptors (Lipinski definition) is 2. The molecule has 4 nitrogen and oxygen atoms in total. The summed E-state index contributed by atoms with van der Waals surface area (Å²) in [6.07, 6.45) is -4.53. The van der Waals surface area contributed by atoms with E-state index in [1.165, 1.54) is 16.8 Å². The summed E-state index contributed by atoms with van der Waals surface area (Å²) in [4.78, 5) is 12.0. The highest BCUT2D eigenvalue weighted by Crippen LogP contribution is 2.35. The van der Waals surface area contributed by atoms with E-state index in [1.807, 2.05) is 0 Å². The third-order valence-electron chi connectivity index (χ3n) is 2.78. The van der Waals surface area contributed by atoms with Crippen molar-refractivity contribution in [2.24, 2.45) is 7.05 Å². The Morgan fingerprint density at radius 3 is 2.52 bits per heavy atom. The van der Waals surface area contributed by atoms with Gasteiger partial charge in [0.2, 0.25) is 0 Å². The van der Waals surface area contributed by atoms with E-state index in [9.17, 15) is 18.0 Å². The van der Waals surface area contributed by atoms with Crippen LogP contribution in [0.3, 0.4) is 0 Å². The molecule has 2 rings (SSSR count). The first kappa shape index (κ1) is 15.6. The van der Waals surface area contributed by atoms with Crippen LogP contribution < -0.4 is 5.32 Å². The molecule has 8 heteroatoms. The molecule has 112 valence electrons. The molecule has 0 spiro atoms. The molecule has 21 heavy (non-hydrogen) atoms. The van der Waals surface area contributed by atoms with E-state index < -0.39 is 17.6 Å². The monoisotopic (exact) mass is 361 g/mol. The second-order valence-electron chi connectivity index (χ2n) is 4.44. The van der Waals surface area contributed by atoms with E-state index in [0.29, 0.717) is 11.5 Å². The summed E-state index contributed by atoms with van der Waals surface area (Å²) in [7, 11) is 1.63. The molecule has 2 aromatic rings. The molecule has 1 aromatic heterocycles. The quantitative estimate of drug-likeness (QED) is 0.884. The lowest BCUT2D eigenvalue weighted by molar-refractivity contribution is -0.138. The Labute approximate surface area is 127 Å². The molecule has 0 unspecified atom stereocenters. The molecule has 0 bridgehead atoms. The first-order valence-electron chi connectivity index (χ1n) is 5.87. The van der Waals surface area contributed by atoms with E-state index in [2.05, 4.69) is 26.3 Å². The molecule has 0 aliphatic carbocycles. The maximum atomic E-state index is 12.8. The maximum Gasteiger partial charge on any atom is 0.417 e. The van der Waals surface area contributed by atoms with Crippen molar-refractivity contribution >= 4 is 27.7 Å². The van der Waals surface area contributed by atoms with Crippen molar-refractivity contribution in [3.63, 3.8) is 0 Å². The van der Waals surface area contributed by atoms with Crippen molar-refractivity contribution in [1.82, 2.24) is 9.78 Å². The molecule has 0 fully saturated rings. The molecule has 0 atom stereocenters. The Balaban J connectivity index is 2.30. The number of aromatic nitrogens is 2. The number of rotatable bonds is 2. The normalized spacial score (nSPS) is 11.5. The number of carbonyl (C=O) groups is 1. The Bertz CT molecular complexity index is 694. The maximum absolute atomic E-state index is 12.8. The second kappa shape index (κ2) is 5.51. The fourth-order valence-corrected chi connectivity index (χ4v) is 2.27. The zero-order chi connectivity index (χ0) is 15.8. The number of amides is 1. The van der Waals surface area contributed by atoms with Crippen molar-refractivity contribution in [1.29, 1.82) is 0 Å². The minimum Gasteiger partial charge on any atom is -0.307 e. The van der Waals surface area contributed by atoms with Gasteiger partial charge >= 0.3 is 6.18 Å². The van der Waals surface area contributed by atoms with Gasteiger partial charge in [0.05, 0.1) is 11.3 Å². The largest absolute Gasteiger partial charge is 0.417 e. The molecule has 0 saturated heterocycles. The van der Waals surface area contributed by atoms with Gasteiger partial charge in [0.15, 0.2) is 0 Å². The molecular weight excluding hydrogens is 351 g/mol. The molecule has 0 aliphatic rings. The summed E-state index contributed by atoms with van der Waals surface area (Å²) in [5.41, 5.74) is -0.277. The van der Waals surface area contributed by atoms with Crippen LogP contribution in [0.1, 0.15) is 21.6 Å². The third kappa shape index (κ3) is 3.44. The van der Waals surface area contributed by atoms with Crippen LogP contribution in [0, 0.1) is 6.92 Å². The van der Waals surface area contributed by atoms with Crippen molar-refractivity contribution in [3.05, 3.63) is 45.6 Å². The second-order valence-corrected chi connectivity index (χ2v) is 5.30. The average molecular weight is 362 g/mol.